The largest absolute Gasteiger partial charge is 0.322 e. The SMILES string of the molecule is CC1=CN=CCC(C)(N)C=C1. The molecule has 0 aromatic rings. The van der Waals surface area contributed by atoms with Gasteiger partial charge >= 0.3 is 0 Å². The number of allylic oxidation sites excluding steroid dienone is 2. The van der Waals surface area contributed by atoms with E-state index in [2.05, 4.69) is 4.99 Å². The van der Waals surface area contributed by atoms with E-state index in [0.717, 1.165) is 12.0 Å². The fourth-order valence-corrected chi connectivity index (χ4v) is 0.853. The molecule has 0 aliphatic carbocycles. The molecule has 0 aromatic carbocycles. The molecule has 0 saturated carbocycles. The highest BCUT2D eigenvalue weighted by Crippen LogP contribution is 2.10. The van der Waals surface area contributed by atoms with Gasteiger partial charge in [-0.1, -0.05) is 12.2 Å². The highest BCUT2D eigenvalue weighted by atomic mass is 14.7. The number of hydrogen-bond acceptors (Lipinski definition) is 2. The van der Waals surface area contributed by atoms with Gasteiger partial charge in [0.05, 0.1) is 0 Å². The van der Waals surface area contributed by atoms with Crippen LogP contribution < -0.4 is 5.73 Å². The van der Waals surface area contributed by atoms with Gasteiger partial charge in [-0.25, -0.2) is 0 Å². The standard InChI is InChI=1S/C9H14N2/c1-8-3-4-9(2,10)5-6-11-7-8/h3-4,6-7H,5,10H2,1-2H3. The van der Waals surface area contributed by atoms with Crippen molar-refractivity contribution >= 4 is 6.21 Å². The maximum atomic E-state index is 5.90. The molecule has 60 valence electrons. The minimum atomic E-state index is -0.237. The van der Waals surface area contributed by atoms with E-state index in [0.29, 0.717) is 0 Å². The molecule has 11 heavy (non-hydrogen) atoms. The molecule has 2 nitrogen and oxygen atoms in total. The summed E-state index contributed by atoms with van der Waals surface area (Å²) < 4.78 is 0. The van der Waals surface area contributed by atoms with Crippen molar-refractivity contribution < 1.29 is 0 Å². The molecule has 1 unspecified atom stereocenters. The first-order valence-corrected chi connectivity index (χ1v) is 3.77. The average molecular weight is 150 g/mol. The molecule has 0 amide bonds. The number of aliphatic imine (C=N–C) groups is 1. The van der Waals surface area contributed by atoms with Crippen LogP contribution in [0.1, 0.15) is 20.3 Å². The van der Waals surface area contributed by atoms with E-state index in [1.54, 1.807) is 0 Å². The van der Waals surface area contributed by atoms with Crippen molar-refractivity contribution in [3.8, 4) is 0 Å². The van der Waals surface area contributed by atoms with Crippen LogP contribution in [-0.4, -0.2) is 11.8 Å². The van der Waals surface area contributed by atoms with E-state index in [4.69, 9.17) is 5.73 Å². The van der Waals surface area contributed by atoms with Crippen molar-refractivity contribution in [2.75, 3.05) is 0 Å². The van der Waals surface area contributed by atoms with Crippen LogP contribution in [0.3, 0.4) is 0 Å². The zero-order valence-electron chi connectivity index (χ0n) is 7.04. The molecule has 0 fully saturated rings. The molecule has 1 atom stereocenters. The lowest BCUT2D eigenvalue weighted by molar-refractivity contribution is 0.615. The number of rotatable bonds is 0. The second-order valence-electron chi connectivity index (χ2n) is 3.25. The van der Waals surface area contributed by atoms with Crippen LogP contribution in [0.25, 0.3) is 0 Å². The predicted octanol–water partition coefficient (Wildman–Crippen LogP) is 1.64. The first-order chi connectivity index (χ1) is 5.10. The van der Waals surface area contributed by atoms with Crippen LogP contribution in [-0.2, 0) is 0 Å². The summed E-state index contributed by atoms with van der Waals surface area (Å²) in [6.45, 7) is 4.00. The smallest absolute Gasteiger partial charge is 0.0363 e. The number of nitrogens with zero attached hydrogens (tertiary/aromatic N) is 1. The van der Waals surface area contributed by atoms with E-state index in [-0.39, 0.29) is 5.54 Å². The van der Waals surface area contributed by atoms with Gasteiger partial charge in [-0.15, -0.1) is 0 Å². The topological polar surface area (TPSA) is 38.4 Å². The summed E-state index contributed by atoms with van der Waals surface area (Å²) in [4.78, 5) is 4.09. The molecule has 0 aromatic heterocycles. The van der Waals surface area contributed by atoms with Crippen LogP contribution in [0.2, 0.25) is 0 Å². The second-order valence-corrected chi connectivity index (χ2v) is 3.25. The lowest BCUT2D eigenvalue weighted by Gasteiger charge is -2.18. The lowest BCUT2D eigenvalue weighted by atomic mass is 9.98. The van der Waals surface area contributed by atoms with Gasteiger partial charge in [0, 0.05) is 24.4 Å². The monoisotopic (exact) mass is 150 g/mol. The summed E-state index contributed by atoms with van der Waals surface area (Å²) in [7, 11) is 0. The molecule has 1 aliphatic heterocycles. The summed E-state index contributed by atoms with van der Waals surface area (Å²) in [5.41, 5.74) is 6.80. The summed E-state index contributed by atoms with van der Waals surface area (Å²) in [6, 6.07) is 0. The highest BCUT2D eigenvalue weighted by molar-refractivity contribution is 5.61. The second kappa shape index (κ2) is 3.01. The third kappa shape index (κ3) is 2.68. The van der Waals surface area contributed by atoms with Gasteiger partial charge < -0.3 is 5.73 Å². The Kier molecular flexibility index (Phi) is 2.25. The van der Waals surface area contributed by atoms with Gasteiger partial charge in [-0.2, -0.15) is 0 Å². The molecule has 2 N–H and O–H groups in total. The Balaban J connectivity index is 2.84. The van der Waals surface area contributed by atoms with E-state index in [9.17, 15) is 0 Å². The van der Waals surface area contributed by atoms with Gasteiger partial charge in [-0.3, -0.25) is 4.99 Å². The molecule has 0 bridgehead atoms. The van der Waals surface area contributed by atoms with Gasteiger partial charge in [0.15, 0.2) is 0 Å². The fraction of sp³-hybridized carbons (Fsp3) is 0.444. The van der Waals surface area contributed by atoms with Crippen LogP contribution in [0.5, 0.6) is 0 Å². The van der Waals surface area contributed by atoms with Crippen LogP contribution in [0.4, 0.5) is 0 Å². The number of hydrogen-bond donors (Lipinski definition) is 1. The maximum absolute atomic E-state index is 5.90. The molecule has 1 rings (SSSR count). The first-order valence-electron chi connectivity index (χ1n) is 3.77. The van der Waals surface area contributed by atoms with Crippen molar-refractivity contribution in [3.63, 3.8) is 0 Å². The molecule has 0 spiro atoms. The molecule has 0 radical (unpaired) electrons. The Labute approximate surface area is 67.5 Å². The summed E-state index contributed by atoms with van der Waals surface area (Å²) in [5.74, 6) is 0. The summed E-state index contributed by atoms with van der Waals surface area (Å²) in [6.07, 6.45) is 8.52. The minimum absolute atomic E-state index is 0.237. The average Bonchev–Trinajstić information content (AvgIpc) is 1.92. The van der Waals surface area contributed by atoms with Crippen molar-refractivity contribution in [1.82, 2.24) is 0 Å². The Hall–Kier alpha value is -0.890. The minimum Gasteiger partial charge on any atom is -0.322 e. The predicted molar refractivity (Wildman–Crippen MR) is 48.6 cm³/mol. The molecule has 1 heterocycles. The molecule has 2 heteroatoms. The molecule has 1 aliphatic rings. The van der Waals surface area contributed by atoms with Gasteiger partial charge in [0.1, 0.15) is 0 Å². The van der Waals surface area contributed by atoms with E-state index in [1.165, 1.54) is 0 Å². The quantitative estimate of drug-likeness (QED) is 0.560. The van der Waals surface area contributed by atoms with Gasteiger partial charge in [0.25, 0.3) is 0 Å². The number of nitrogens with two attached hydrogens (primary N) is 1. The Morgan fingerprint density at radius 2 is 2.36 bits per heavy atom. The highest BCUT2D eigenvalue weighted by Gasteiger charge is 2.12. The Morgan fingerprint density at radius 3 is 3.09 bits per heavy atom. The lowest BCUT2D eigenvalue weighted by Crippen LogP contribution is -2.34. The first kappa shape index (κ1) is 8.21. The normalized spacial score (nSPS) is 31.0. The zero-order valence-corrected chi connectivity index (χ0v) is 7.04. The van der Waals surface area contributed by atoms with Crippen LogP contribution in [0.15, 0.2) is 28.9 Å². The fourth-order valence-electron chi connectivity index (χ4n) is 0.853. The van der Waals surface area contributed by atoms with Crippen molar-refractivity contribution in [1.29, 1.82) is 0 Å². The third-order valence-electron chi connectivity index (χ3n) is 1.64. The Morgan fingerprint density at radius 1 is 1.64 bits per heavy atom. The van der Waals surface area contributed by atoms with E-state index >= 15 is 0 Å². The van der Waals surface area contributed by atoms with Gasteiger partial charge in [-0.05, 0) is 19.4 Å². The van der Waals surface area contributed by atoms with E-state index in [1.807, 2.05) is 38.4 Å². The summed E-state index contributed by atoms with van der Waals surface area (Å²) >= 11 is 0. The van der Waals surface area contributed by atoms with Crippen molar-refractivity contribution in [2.45, 2.75) is 25.8 Å². The zero-order chi connectivity index (χ0) is 8.32. The molecule has 0 saturated heterocycles. The van der Waals surface area contributed by atoms with Gasteiger partial charge in [0.2, 0.25) is 0 Å². The van der Waals surface area contributed by atoms with E-state index < -0.39 is 0 Å². The van der Waals surface area contributed by atoms with Crippen LogP contribution in [0, 0.1) is 0 Å². The molecular weight excluding hydrogens is 136 g/mol. The maximum Gasteiger partial charge on any atom is 0.0363 e. The third-order valence-corrected chi connectivity index (χ3v) is 1.64. The van der Waals surface area contributed by atoms with Crippen LogP contribution >= 0.6 is 0 Å². The Bertz CT molecular complexity index is 222. The van der Waals surface area contributed by atoms with Crippen molar-refractivity contribution in [2.24, 2.45) is 10.7 Å². The van der Waals surface area contributed by atoms with Crippen molar-refractivity contribution in [3.05, 3.63) is 23.9 Å². The molecular formula is C9H14N2. The summed E-state index contributed by atoms with van der Waals surface area (Å²) in [5, 5.41) is 0.